The monoisotopic (exact) mass is 434 g/mol. The van der Waals surface area contributed by atoms with E-state index in [9.17, 15) is 8.42 Å². The number of rotatable bonds is 7. The molecule has 0 aromatic heterocycles. The van der Waals surface area contributed by atoms with Gasteiger partial charge in [0, 0.05) is 25.0 Å². The number of aliphatic imine (C=N–C) groups is 1. The summed E-state index contributed by atoms with van der Waals surface area (Å²) in [4.78, 5) is 4.68. The van der Waals surface area contributed by atoms with Gasteiger partial charge in [0.2, 0.25) is 0 Å². The van der Waals surface area contributed by atoms with Gasteiger partial charge in [-0.25, -0.2) is 8.42 Å². The van der Waals surface area contributed by atoms with E-state index in [1.807, 2.05) is 42.5 Å². The van der Waals surface area contributed by atoms with Crippen LogP contribution in [0.5, 0.6) is 0 Å². The summed E-state index contributed by atoms with van der Waals surface area (Å²) in [6, 6.07) is 25.4. The molecule has 1 heterocycles. The molecule has 7 heteroatoms. The summed E-state index contributed by atoms with van der Waals surface area (Å²) in [5.74, 6) is 0.794. The van der Waals surface area contributed by atoms with Crippen LogP contribution in [0.25, 0.3) is 0 Å². The van der Waals surface area contributed by atoms with Crippen LogP contribution in [0.4, 0.5) is 5.69 Å². The molecule has 160 valence electrons. The summed E-state index contributed by atoms with van der Waals surface area (Å²) in [5.41, 5.74) is 4.25. The molecule has 1 atom stereocenters. The summed E-state index contributed by atoms with van der Waals surface area (Å²) in [6.07, 6.45) is 1.22. The van der Waals surface area contributed by atoms with E-state index in [4.69, 9.17) is 0 Å². The molecule has 0 radical (unpaired) electrons. The van der Waals surface area contributed by atoms with Crippen molar-refractivity contribution in [3.8, 4) is 0 Å². The molecule has 3 N–H and O–H groups in total. The van der Waals surface area contributed by atoms with Crippen molar-refractivity contribution in [3.63, 3.8) is 0 Å². The smallest absolute Gasteiger partial charge is 0.195 e. The molecule has 3 aromatic carbocycles. The number of anilines is 1. The molecular formula is C24H26N4O2S. The Balaban J connectivity index is 1.58. The van der Waals surface area contributed by atoms with Crippen LogP contribution in [0.15, 0.2) is 88.8 Å². The minimum atomic E-state index is -3.23. The lowest BCUT2D eigenvalue weighted by Gasteiger charge is -2.21. The molecule has 1 aliphatic heterocycles. The van der Waals surface area contributed by atoms with Crippen LogP contribution in [0.1, 0.15) is 22.7 Å². The number of guanidine groups is 1. The topological polar surface area (TPSA) is 82.6 Å². The van der Waals surface area contributed by atoms with E-state index >= 15 is 0 Å². The maximum atomic E-state index is 11.8. The molecule has 0 saturated carbocycles. The Morgan fingerprint density at radius 1 is 0.935 bits per heavy atom. The Labute approximate surface area is 183 Å². The highest BCUT2D eigenvalue weighted by Crippen LogP contribution is 2.25. The van der Waals surface area contributed by atoms with Crippen molar-refractivity contribution in [2.24, 2.45) is 4.99 Å². The normalized spacial score (nSPS) is 14.5. The highest BCUT2D eigenvalue weighted by atomic mass is 32.2. The molecule has 0 amide bonds. The zero-order valence-corrected chi connectivity index (χ0v) is 18.2. The fourth-order valence-electron chi connectivity index (χ4n) is 3.53. The Morgan fingerprint density at radius 3 is 2.16 bits per heavy atom. The third kappa shape index (κ3) is 5.51. The number of nitrogens with one attached hydrogen (secondary N) is 3. The van der Waals surface area contributed by atoms with E-state index in [1.54, 1.807) is 12.1 Å². The largest absolute Gasteiger partial charge is 0.354 e. The van der Waals surface area contributed by atoms with E-state index < -0.39 is 9.84 Å². The van der Waals surface area contributed by atoms with Gasteiger partial charge in [-0.3, -0.25) is 4.99 Å². The van der Waals surface area contributed by atoms with Crippen LogP contribution in [0, 0.1) is 0 Å². The second-order valence-electron chi connectivity index (χ2n) is 7.54. The standard InChI is InChI=1S/C24H26N4O2S/c1-31(29,30)22-13-9-20(10-14-22)23(27-17-18-5-3-2-4-6-18)19-7-11-21(12-8-19)28-24-25-15-16-26-24/h2-14,23,27H,15-17H2,1H3,(H2,25,26,28). The number of benzene rings is 3. The van der Waals surface area contributed by atoms with Gasteiger partial charge in [0.05, 0.1) is 17.5 Å². The Hall–Kier alpha value is -3.16. The third-order valence-corrected chi connectivity index (χ3v) is 6.30. The van der Waals surface area contributed by atoms with Gasteiger partial charge in [0.1, 0.15) is 0 Å². The Kier molecular flexibility index (Phi) is 6.34. The van der Waals surface area contributed by atoms with Gasteiger partial charge in [-0.2, -0.15) is 0 Å². The molecule has 0 aliphatic carbocycles. The van der Waals surface area contributed by atoms with Crippen LogP contribution in [0.2, 0.25) is 0 Å². The minimum Gasteiger partial charge on any atom is -0.354 e. The summed E-state index contributed by atoms with van der Waals surface area (Å²) in [6.45, 7) is 2.34. The molecule has 1 unspecified atom stereocenters. The third-order valence-electron chi connectivity index (χ3n) is 5.18. The lowest BCUT2D eigenvalue weighted by Crippen LogP contribution is -2.26. The first-order chi connectivity index (χ1) is 15.0. The van der Waals surface area contributed by atoms with Gasteiger partial charge < -0.3 is 16.0 Å². The lowest BCUT2D eigenvalue weighted by atomic mass is 9.98. The molecule has 4 rings (SSSR count). The Bertz CT molecular complexity index is 1140. The fourth-order valence-corrected chi connectivity index (χ4v) is 4.16. The summed E-state index contributed by atoms with van der Waals surface area (Å²) in [7, 11) is -3.23. The van der Waals surface area contributed by atoms with Crippen molar-refractivity contribution in [2.45, 2.75) is 17.5 Å². The second kappa shape index (κ2) is 9.32. The van der Waals surface area contributed by atoms with Gasteiger partial charge in [-0.05, 0) is 41.0 Å². The van der Waals surface area contributed by atoms with E-state index in [0.717, 1.165) is 35.9 Å². The van der Waals surface area contributed by atoms with Gasteiger partial charge >= 0.3 is 0 Å². The highest BCUT2D eigenvalue weighted by molar-refractivity contribution is 7.90. The maximum Gasteiger partial charge on any atom is 0.195 e. The maximum absolute atomic E-state index is 11.8. The van der Waals surface area contributed by atoms with Gasteiger partial charge in [0.25, 0.3) is 0 Å². The predicted octanol–water partition coefficient (Wildman–Crippen LogP) is 3.34. The van der Waals surface area contributed by atoms with E-state index in [2.05, 4.69) is 45.2 Å². The number of nitrogens with zero attached hydrogens (tertiary/aromatic N) is 1. The van der Waals surface area contributed by atoms with Crippen molar-refractivity contribution in [1.29, 1.82) is 0 Å². The van der Waals surface area contributed by atoms with Crippen molar-refractivity contribution in [2.75, 3.05) is 24.7 Å². The van der Waals surface area contributed by atoms with Crippen molar-refractivity contribution < 1.29 is 8.42 Å². The van der Waals surface area contributed by atoms with Crippen molar-refractivity contribution >= 4 is 21.5 Å². The molecule has 31 heavy (non-hydrogen) atoms. The Morgan fingerprint density at radius 2 is 1.58 bits per heavy atom. The first-order valence-electron chi connectivity index (χ1n) is 10.2. The molecule has 6 nitrogen and oxygen atoms in total. The summed E-state index contributed by atoms with van der Waals surface area (Å²) in [5, 5.41) is 10.1. The first-order valence-corrected chi connectivity index (χ1v) is 12.1. The lowest BCUT2D eigenvalue weighted by molar-refractivity contribution is 0.599. The predicted molar refractivity (Wildman–Crippen MR) is 125 cm³/mol. The van der Waals surface area contributed by atoms with E-state index in [1.165, 1.54) is 11.8 Å². The quantitative estimate of drug-likeness (QED) is 0.531. The van der Waals surface area contributed by atoms with Crippen LogP contribution >= 0.6 is 0 Å². The van der Waals surface area contributed by atoms with Crippen LogP contribution < -0.4 is 16.0 Å². The minimum absolute atomic E-state index is 0.0789. The van der Waals surface area contributed by atoms with Crippen LogP contribution in [-0.4, -0.2) is 33.7 Å². The van der Waals surface area contributed by atoms with Crippen molar-refractivity contribution in [1.82, 2.24) is 10.6 Å². The van der Waals surface area contributed by atoms with E-state index in [-0.39, 0.29) is 6.04 Å². The molecular weight excluding hydrogens is 408 g/mol. The van der Waals surface area contributed by atoms with Gasteiger partial charge in [0.15, 0.2) is 15.8 Å². The molecule has 1 aliphatic rings. The summed E-state index contributed by atoms with van der Waals surface area (Å²) >= 11 is 0. The zero-order chi connectivity index (χ0) is 21.7. The number of hydrogen-bond acceptors (Lipinski definition) is 6. The number of hydrogen-bond donors (Lipinski definition) is 3. The fraction of sp³-hybridized carbons (Fsp3) is 0.208. The average molecular weight is 435 g/mol. The van der Waals surface area contributed by atoms with Crippen molar-refractivity contribution in [3.05, 3.63) is 95.6 Å². The van der Waals surface area contributed by atoms with Gasteiger partial charge in [-0.15, -0.1) is 0 Å². The molecule has 3 aromatic rings. The van der Waals surface area contributed by atoms with E-state index in [0.29, 0.717) is 11.4 Å². The average Bonchev–Trinajstić information content (AvgIpc) is 3.28. The highest BCUT2D eigenvalue weighted by Gasteiger charge is 2.16. The van der Waals surface area contributed by atoms with Crippen LogP contribution in [-0.2, 0) is 16.4 Å². The summed E-state index contributed by atoms with van der Waals surface area (Å²) < 4.78 is 23.7. The molecule has 0 fully saturated rings. The SMILES string of the molecule is CS(=O)(=O)c1ccc(C(NCc2ccccc2)c2ccc(NC3=NCCN3)cc2)cc1. The number of sulfone groups is 1. The first kappa shape index (κ1) is 21.1. The molecule has 0 saturated heterocycles. The zero-order valence-electron chi connectivity index (χ0n) is 17.4. The molecule has 0 bridgehead atoms. The second-order valence-corrected chi connectivity index (χ2v) is 9.56. The van der Waals surface area contributed by atoms with Crippen LogP contribution in [0.3, 0.4) is 0 Å². The molecule has 0 spiro atoms. The van der Waals surface area contributed by atoms with Gasteiger partial charge in [-0.1, -0.05) is 54.6 Å².